The van der Waals surface area contributed by atoms with Gasteiger partial charge in [-0.25, -0.2) is 0 Å². The molecule has 0 amide bonds. The van der Waals surface area contributed by atoms with E-state index >= 15 is 0 Å². The average Bonchev–Trinajstić information content (AvgIpc) is 2.94. The van der Waals surface area contributed by atoms with Gasteiger partial charge in [-0.1, -0.05) is 30.3 Å². The number of ketones is 1. The van der Waals surface area contributed by atoms with Crippen LogP contribution in [0.1, 0.15) is 31.2 Å². The van der Waals surface area contributed by atoms with Gasteiger partial charge in [-0.3, -0.25) is 9.59 Å². The molecule has 0 aliphatic heterocycles. The molecule has 1 aromatic rings. The molecule has 3 heteroatoms. The molecular formula is C16H18O3. The van der Waals surface area contributed by atoms with Crippen LogP contribution in [-0.4, -0.2) is 11.8 Å². The third kappa shape index (κ3) is 2.70. The third-order valence-electron chi connectivity index (χ3n) is 4.38. The summed E-state index contributed by atoms with van der Waals surface area (Å²) in [5.41, 5.74) is 1.02. The molecule has 0 aromatic heterocycles. The molecule has 19 heavy (non-hydrogen) atoms. The molecule has 0 radical (unpaired) electrons. The smallest absolute Gasteiger partial charge is 0.309 e. The number of esters is 1. The largest absolute Gasteiger partial charge is 0.461 e. The molecule has 0 heterocycles. The Kier molecular flexibility index (Phi) is 3.36. The van der Waals surface area contributed by atoms with Gasteiger partial charge in [0.25, 0.3) is 0 Å². The van der Waals surface area contributed by atoms with Gasteiger partial charge in [0, 0.05) is 12.8 Å². The normalized spacial score (nSPS) is 29.3. The van der Waals surface area contributed by atoms with Gasteiger partial charge in [0.15, 0.2) is 0 Å². The van der Waals surface area contributed by atoms with E-state index in [4.69, 9.17) is 4.74 Å². The van der Waals surface area contributed by atoms with Crippen LogP contribution in [0, 0.1) is 17.8 Å². The van der Waals surface area contributed by atoms with Crippen LogP contribution in [0.2, 0.25) is 0 Å². The summed E-state index contributed by atoms with van der Waals surface area (Å²) in [5.74, 6) is 1.15. The Morgan fingerprint density at radius 2 is 1.74 bits per heavy atom. The second-order valence-corrected chi connectivity index (χ2v) is 5.73. The summed E-state index contributed by atoms with van der Waals surface area (Å²) in [6.45, 7) is 0.352. The monoisotopic (exact) mass is 258 g/mol. The van der Waals surface area contributed by atoms with Crippen LogP contribution in [0.4, 0.5) is 0 Å². The number of rotatable bonds is 3. The fourth-order valence-corrected chi connectivity index (χ4v) is 3.42. The lowest BCUT2D eigenvalue weighted by Gasteiger charge is -2.11. The van der Waals surface area contributed by atoms with E-state index in [0.29, 0.717) is 37.1 Å². The number of Topliss-reactive ketones (excluding diaryl/α,β-unsaturated/α-hetero) is 1. The molecule has 2 aliphatic carbocycles. The standard InChI is InChI=1S/C16H18O3/c17-15-8-12-6-14(7-13(12)9-15)16(18)19-10-11-4-2-1-3-5-11/h1-5,12-14H,6-10H2/t12-,13+,14?. The highest BCUT2D eigenvalue weighted by molar-refractivity contribution is 5.82. The molecule has 1 aromatic carbocycles. The highest BCUT2D eigenvalue weighted by atomic mass is 16.5. The van der Waals surface area contributed by atoms with Crippen molar-refractivity contribution in [2.45, 2.75) is 32.3 Å². The van der Waals surface area contributed by atoms with Gasteiger partial charge in [-0.2, -0.15) is 0 Å². The van der Waals surface area contributed by atoms with Crippen molar-refractivity contribution in [1.29, 1.82) is 0 Å². The molecule has 0 spiro atoms. The Hall–Kier alpha value is -1.64. The second kappa shape index (κ2) is 5.16. The van der Waals surface area contributed by atoms with E-state index in [9.17, 15) is 9.59 Å². The summed E-state index contributed by atoms with van der Waals surface area (Å²) in [5, 5.41) is 0. The van der Waals surface area contributed by atoms with Gasteiger partial charge in [-0.05, 0) is 30.2 Å². The minimum atomic E-state index is -0.0919. The molecule has 1 unspecified atom stereocenters. The minimum absolute atomic E-state index is 0.00631. The molecule has 3 atom stereocenters. The van der Waals surface area contributed by atoms with Crippen molar-refractivity contribution in [2.24, 2.45) is 17.8 Å². The lowest BCUT2D eigenvalue weighted by atomic mass is 10.0. The summed E-state index contributed by atoms with van der Waals surface area (Å²) < 4.78 is 5.38. The lowest BCUT2D eigenvalue weighted by molar-refractivity contribution is -0.150. The molecule has 2 aliphatic rings. The van der Waals surface area contributed by atoms with Crippen molar-refractivity contribution in [3.63, 3.8) is 0 Å². The van der Waals surface area contributed by atoms with Gasteiger partial charge >= 0.3 is 5.97 Å². The summed E-state index contributed by atoms with van der Waals surface area (Å²) in [6, 6.07) is 9.73. The first-order valence-electron chi connectivity index (χ1n) is 6.94. The Labute approximate surface area is 113 Å². The molecule has 100 valence electrons. The van der Waals surface area contributed by atoms with Crippen molar-refractivity contribution in [3.05, 3.63) is 35.9 Å². The lowest BCUT2D eigenvalue weighted by Crippen LogP contribution is -2.16. The zero-order valence-corrected chi connectivity index (χ0v) is 10.9. The molecular weight excluding hydrogens is 240 g/mol. The number of hydrogen-bond donors (Lipinski definition) is 0. The Morgan fingerprint density at radius 3 is 2.37 bits per heavy atom. The van der Waals surface area contributed by atoms with Gasteiger partial charge in [0.05, 0.1) is 5.92 Å². The van der Waals surface area contributed by atoms with Crippen LogP contribution in [0.15, 0.2) is 30.3 Å². The number of hydrogen-bond acceptors (Lipinski definition) is 3. The van der Waals surface area contributed by atoms with Crippen molar-refractivity contribution >= 4 is 11.8 Å². The molecule has 0 N–H and O–H groups in total. The molecule has 2 saturated carbocycles. The van der Waals surface area contributed by atoms with E-state index in [0.717, 1.165) is 18.4 Å². The van der Waals surface area contributed by atoms with E-state index in [1.54, 1.807) is 0 Å². The number of carbonyl (C=O) groups is 2. The quantitative estimate of drug-likeness (QED) is 0.783. The van der Waals surface area contributed by atoms with E-state index in [-0.39, 0.29) is 11.9 Å². The van der Waals surface area contributed by atoms with Gasteiger partial charge in [0.2, 0.25) is 0 Å². The fourth-order valence-electron chi connectivity index (χ4n) is 3.42. The van der Waals surface area contributed by atoms with E-state index in [2.05, 4.69) is 0 Å². The van der Waals surface area contributed by atoms with E-state index in [1.807, 2.05) is 30.3 Å². The summed E-state index contributed by atoms with van der Waals surface area (Å²) in [6.07, 6.45) is 3.02. The first-order valence-corrected chi connectivity index (χ1v) is 6.94. The third-order valence-corrected chi connectivity index (χ3v) is 4.38. The molecule has 0 saturated heterocycles. The first kappa shape index (κ1) is 12.4. The van der Waals surface area contributed by atoms with Crippen LogP contribution in [0.3, 0.4) is 0 Å². The minimum Gasteiger partial charge on any atom is -0.461 e. The second-order valence-electron chi connectivity index (χ2n) is 5.73. The Morgan fingerprint density at radius 1 is 1.11 bits per heavy atom. The average molecular weight is 258 g/mol. The van der Waals surface area contributed by atoms with Gasteiger partial charge in [0.1, 0.15) is 12.4 Å². The van der Waals surface area contributed by atoms with E-state index < -0.39 is 0 Å². The van der Waals surface area contributed by atoms with Gasteiger partial charge in [-0.15, -0.1) is 0 Å². The summed E-state index contributed by atoms with van der Waals surface area (Å²) in [7, 11) is 0. The number of benzene rings is 1. The van der Waals surface area contributed by atoms with E-state index in [1.165, 1.54) is 0 Å². The Bertz CT molecular complexity index is 464. The van der Waals surface area contributed by atoms with Gasteiger partial charge < -0.3 is 4.74 Å². The first-order chi connectivity index (χ1) is 9.22. The van der Waals surface area contributed by atoms with Crippen LogP contribution < -0.4 is 0 Å². The maximum atomic E-state index is 12.0. The number of carbonyl (C=O) groups excluding carboxylic acids is 2. The van der Waals surface area contributed by atoms with Crippen molar-refractivity contribution in [1.82, 2.24) is 0 Å². The van der Waals surface area contributed by atoms with Crippen molar-refractivity contribution in [3.8, 4) is 0 Å². The molecule has 0 bridgehead atoms. The van der Waals surface area contributed by atoms with Crippen LogP contribution in [0.25, 0.3) is 0 Å². The van der Waals surface area contributed by atoms with Crippen molar-refractivity contribution < 1.29 is 14.3 Å². The predicted octanol–water partition coefficient (Wildman–Crippen LogP) is 2.74. The molecule has 3 rings (SSSR count). The topological polar surface area (TPSA) is 43.4 Å². The van der Waals surface area contributed by atoms with Crippen molar-refractivity contribution in [2.75, 3.05) is 0 Å². The Balaban J connectivity index is 1.51. The zero-order chi connectivity index (χ0) is 13.2. The maximum absolute atomic E-state index is 12.0. The highest BCUT2D eigenvalue weighted by Crippen LogP contribution is 2.45. The number of fused-ring (bicyclic) bond motifs is 1. The number of ether oxygens (including phenoxy) is 1. The van der Waals surface area contributed by atoms with Crippen LogP contribution in [0.5, 0.6) is 0 Å². The predicted molar refractivity (Wildman–Crippen MR) is 70.2 cm³/mol. The van der Waals surface area contributed by atoms with Crippen LogP contribution >= 0.6 is 0 Å². The summed E-state index contributed by atoms with van der Waals surface area (Å²) in [4.78, 5) is 23.4. The SMILES string of the molecule is O=C1C[C@@H]2CC(C(=O)OCc3ccccc3)C[C@@H]2C1. The fraction of sp³-hybridized carbons (Fsp3) is 0.500. The zero-order valence-electron chi connectivity index (χ0n) is 10.9. The van der Waals surface area contributed by atoms with Crippen LogP contribution in [-0.2, 0) is 20.9 Å². The molecule has 2 fully saturated rings. The highest BCUT2D eigenvalue weighted by Gasteiger charge is 2.43. The maximum Gasteiger partial charge on any atom is 0.309 e. The summed E-state index contributed by atoms with van der Waals surface area (Å²) >= 11 is 0. The molecule has 3 nitrogen and oxygen atoms in total.